The minimum absolute atomic E-state index is 0.0811. The summed E-state index contributed by atoms with van der Waals surface area (Å²) in [4.78, 5) is 10.5. The lowest BCUT2D eigenvalue weighted by molar-refractivity contribution is 0.112. The van der Waals surface area contributed by atoms with Crippen molar-refractivity contribution in [3.8, 4) is 11.5 Å². The molecule has 0 aliphatic heterocycles. The molecule has 0 radical (unpaired) electrons. The Morgan fingerprint density at radius 3 is 2.77 bits per heavy atom. The van der Waals surface area contributed by atoms with E-state index in [0.717, 1.165) is 5.56 Å². The predicted molar refractivity (Wildman–Crippen MR) is 49.4 cm³/mol. The molecule has 70 valence electrons. The van der Waals surface area contributed by atoms with E-state index < -0.39 is 0 Å². The van der Waals surface area contributed by atoms with E-state index in [1.165, 1.54) is 0 Å². The summed E-state index contributed by atoms with van der Waals surface area (Å²) < 4.78 is 5.15. The quantitative estimate of drug-likeness (QED) is 0.723. The number of carbonyl (C=O) groups excluding carboxylic acids is 1. The molecule has 0 unspecified atom stereocenters. The van der Waals surface area contributed by atoms with E-state index in [0.29, 0.717) is 18.6 Å². The molecular formula is C10H12O3. The zero-order chi connectivity index (χ0) is 9.84. The summed E-state index contributed by atoms with van der Waals surface area (Å²) in [6.45, 7) is 4.13. The minimum Gasteiger partial charge on any atom is -0.504 e. The Morgan fingerprint density at radius 2 is 2.23 bits per heavy atom. The van der Waals surface area contributed by atoms with Crippen LogP contribution in [0.25, 0.3) is 0 Å². The highest BCUT2D eigenvalue weighted by Gasteiger charge is 2.08. The van der Waals surface area contributed by atoms with Gasteiger partial charge in [0.05, 0.1) is 12.2 Å². The fraction of sp³-hybridized carbons (Fsp3) is 0.300. The summed E-state index contributed by atoms with van der Waals surface area (Å²) >= 11 is 0. The summed E-state index contributed by atoms with van der Waals surface area (Å²) in [5, 5.41) is 9.49. The largest absolute Gasteiger partial charge is 0.504 e. The van der Waals surface area contributed by atoms with Gasteiger partial charge in [-0.1, -0.05) is 0 Å². The maximum atomic E-state index is 10.5. The number of benzene rings is 1. The number of carbonyl (C=O) groups is 1. The van der Waals surface area contributed by atoms with Crippen LogP contribution >= 0.6 is 0 Å². The molecule has 0 saturated carbocycles. The molecule has 0 aliphatic carbocycles. The van der Waals surface area contributed by atoms with Gasteiger partial charge in [0.15, 0.2) is 17.8 Å². The molecule has 0 aromatic heterocycles. The monoisotopic (exact) mass is 180 g/mol. The maximum absolute atomic E-state index is 10.5. The average molecular weight is 180 g/mol. The predicted octanol–water partition coefficient (Wildman–Crippen LogP) is 1.91. The first-order valence-corrected chi connectivity index (χ1v) is 4.10. The number of aryl methyl sites for hydroxylation is 1. The van der Waals surface area contributed by atoms with Crippen molar-refractivity contribution < 1.29 is 14.6 Å². The van der Waals surface area contributed by atoms with Crippen molar-refractivity contribution in [1.29, 1.82) is 0 Å². The van der Waals surface area contributed by atoms with Crippen molar-refractivity contribution in [3.05, 3.63) is 23.3 Å². The van der Waals surface area contributed by atoms with Crippen molar-refractivity contribution in [2.45, 2.75) is 13.8 Å². The molecule has 0 spiro atoms. The molecule has 1 rings (SSSR count). The molecule has 1 N–H and O–H groups in total. The van der Waals surface area contributed by atoms with Gasteiger partial charge in [0.25, 0.3) is 0 Å². The Hall–Kier alpha value is -1.51. The summed E-state index contributed by atoms with van der Waals surface area (Å²) in [5.41, 5.74) is 1.16. The SMILES string of the molecule is CCOc1cc(C)cc(C=O)c1O. The Bertz CT molecular complexity index is 318. The van der Waals surface area contributed by atoms with Gasteiger partial charge in [0.2, 0.25) is 0 Å². The minimum atomic E-state index is -0.0811. The second-order valence-corrected chi connectivity index (χ2v) is 2.75. The fourth-order valence-electron chi connectivity index (χ4n) is 1.13. The number of hydrogen-bond acceptors (Lipinski definition) is 3. The second-order valence-electron chi connectivity index (χ2n) is 2.75. The molecule has 0 atom stereocenters. The van der Waals surface area contributed by atoms with Crippen LogP contribution in [0.4, 0.5) is 0 Å². The maximum Gasteiger partial charge on any atom is 0.168 e. The van der Waals surface area contributed by atoms with Crippen LogP contribution in [0, 0.1) is 6.92 Å². The van der Waals surface area contributed by atoms with Crippen LogP contribution in [0.5, 0.6) is 11.5 Å². The van der Waals surface area contributed by atoms with Gasteiger partial charge in [-0.05, 0) is 31.5 Å². The molecule has 0 saturated heterocycles. The zero-order valence-corrected chi connectivity index (χ0v) is 7.70. The molecule has 1 aromatic carbocycles. The molecule has 13 heavy (non-hydrogen) atoms. The zero-order valence-electron chi connectivity index (χ0n) is 7.70. The molecule has 3 heteroatoms. The van der Waals surface area contributed by atoms with Gasteiger partial charge in [0, 0.05) is 0 Å². The first kappa shape index (κ1) is 9.58. The van der Waals surface area contributed by atoms with Gasteiger partial charge in [-0.25, -0.2) is 0 Å². The standard InChI is InChI=1S/C10H12O3/c1-3-13-9-5-7(2)4-8(6-11)10(9)12/h4-6,12H,3H2,1-2H3. The van der Waals surface area contributed by atoms with Crippen molar-refractivity contribution in [2.75, 3.05) is 6.61 Å². The Morgan fingerprint density at radius 1 is 1.54 bits per heavy atom. The van der Waals surface area contributed by atoms with Gasteiger partial charge in [-0.15, -0.1) is 0 Å². The molecule has 0 aliphatic rings. The van der Waals surface area contributed by atoms with Gasteiger partial charge < -0.3 is 9.84 Å². The smallest absolute Gasteiger partial charge is 0.168 e. The van der Waals surface area contributed by atoms with Crippen molar-refractivity contribution in [1.82, 2.24) is 0 Å². The van der Waals surface area contributed by atoms with Gasteiger partial charge in [0.1, 0.15) is 0 Å². The molecule has 0 heterocycles. The van der Waals surface area contributed by atoms with Crippen molar-refractivity contribution >= 4 is 6.29 Å². The highest BCUT2D eigenvalue weighted by atomic mass is 16.5. The average Bonchev–Trinajstić information content (AvgIpc) is 2.11. The van der Waals surface area contributed by atoms with E-state index in [1.807, 2.05) is 13.8 Å². The van der Waals surface area contributed by atoms with E-state index in [4.69, 9.17) is 4.74 Å². The lowest BCUT2D eigenvalue weighted by Gasteiger charge is -2.08. The Balaban J connectivity index is 3.18. The highest BCUT2D eigenvalue weighted by Crippen LogP contribution is 2.30. The number of rotatable bonds is 3. The number of hydrogen-bond donors (Lipinski definition) is 1. The van der Waals surface area contributed by atoms with Crippen LogP contribution < -0.4 is 4.74 Å². The second kappa shape index (κ2) is 3.94. The molecule has 1 aromatic rings. The molecule has 3 nitrogen and oxygen atoms in total. The number of aldehydes is 1. The summed E-state index contributed by atoms with van der Waals surface area (Å²) in [6, 6.07) is 3.32. The van der Waals surface area contributed by atoms with Gasteiger partial charge in [-0.3, -0.25) is 4.79 Å². The number of phenolic OH excluding ortho intramolecular Hbond substituents is 1. The first-order valence-electron chi connectivity index (χ1n) is 4.10. The Kier molecular flexibility index (Phi) is 2.90. The molecule has 0 fully saturated rings. The van der Waals surface area contributed by atoms with Crippen LogP contribution in [0.1, 0.15) is 22.8 Å². The van der Waals surface area contributed by atoms with E-state index in [9.17, 15) is 9.90 Å². The van der Waals surface area contributed by atoms with Crippen molar-refractivity contribution in [3.63, 3.8) is 0 Å². The van der Waals surface area contributed by atoms with Crippen LogP contribution in [0.3, 0.4) is 0 Å². The summed E-state index contributed by atoms with van der Waals surface area (Å²) in [5.74, 6) is 0.284. The highest BCUT2D eigenvalue weighted by molar-refractivity contribution is 5.81. The third-order valence-electron chi connectivity index (χ3n) is 1.68. The van der Waals surface area contributed by atoms with E-state index in [-0.39, 0.29) is 11.3 Å². The molecular weight excluding hydrogens is 168 g/mol. The number of aromatic hydroxyl groups is 1. The lowest BCUT2D eigenvalue weighted by atomic mass is 10.1. The Labute approximate surface area is 77.0 Å². The lowest BCUT2D eigenvalue weighted by Crippen LogP contribution is -1.94. The number of phenols is 1. The third kappa shape index (κ3) is 1.99. The van der Waals surface area contributed by atoms with Crippen LogP contribution in [0.15, 0.2) is 12.1 Å². The van der Waals surface area contributed by atoms with Gasteiger partial charge >= 0.3 is 0 Å². The summed E-state index contributed by atoms with van der Waals surface area (Å²) in [6.07, 6.45) is 0.616. The topological polar surface area (TPSA) is 46.5 Å². The summed E-state index contributed by atoms with van der Waals surface area (Å²) in [7, 11) is 0. The number of ether oxygens (including phenoxy) is 1. The first-order chi connectivity index (χ1) is 6.19. The van der Waals surface area contributed by atoms with Crippen LogP contribution in [-0.4, -0.2) is 18.0 Å². The van der Waals surface area contributed by atoms with Crippen LogP contribution in [-0.2, 0) is 0 Å². The van der Waals surface area contributed by atoms with Crippen LogP contribution in [0.2, 0.25) is 0 Å². The molecule has 0 amide bonds. The fourth-order valence-corrected chi connectivity index (χ4v) is 1.13. The van der Waals surface area contributed by atoms with E-state index >= 15 is 0 Å². The normalized spacial score (nSPS) is 9.69. The van der Waals surface area contributed by atoms with E-state index in [1.54, 1.807) is 12.1 Å². The van der Waals surface area contributed by atoms with Gasteiger partial charge in [-0.2, -0.15) is 0 Å². The van der Waals surface area contributed by atoms with E-state index in [2.05, 4.69) is 0 Å². The third-order valence-corrected chi connectivity index (χ3v) is 1.68. The molecule has 0 bridgehead atoms. The van der Waals surface area contributed by atoms with Crippen molar-refractivity contribution in [2.24, 2.45) is 0 Å².